The van der Waals surface area contributed by atoms with E-state index in [1.54, 1.807) is 0 Å². The molecule has 2 heterocycles. The molecule has 1 saturated heterocycles. The molecule has 0 spiro atoms. The number of pyridine rings is 1. The maximum atomic E-state index is 12.8. The lowest BCUT2D eigenvalue weighted by atomic mass is 10.2. The topological polar surface area (TPSA) is 71.1 Å². The molecule has 1 unspecified atom stereocenters. The number of rotatable bonds is 3. The van der Waals surface area contributed by atoms with E-state index in [1.807, 2.05) is 0 Å². The molecule has 6 heteroatoms. The predicted octanol–water partition coefficient (Wildman–Crippen LogP) is 0.229. The Morgan fingerprint density at radius 3 is 3.12 bits per heavy atom. The van der Waals surface area contributed by atoms with Crippen LogP contribution in [0.4, 0.5) is 4.39 Å². The first kappa shape index (κ1) is 11.5. The fraction of sp³-hybridized carbons (Fsp3) is 0.364. The Bertz CT molecular complexity index is 450. The van der Waals surface area contributed by atoms with E-state index in [-0.39, 0.29) is 23.4 Å². The molecule has 2 N–H and O–H groups in total. The molecule has 0 radical (unpaired) electrons. The largest absolute Gasteiger partial charge is 0.352 e. The Morgan fingerprint density at radius 1 is 1.65 bits per heavy atom. The zero-order valence-corrected chi connectivity index (χ0v) is 9.07. The Kier molecular flexibility index (Phi) is 3.32. The lowest BCUT2D eigenvalue weighted by Crippen LogP contribution is -2.38. The summed E-state index contributed by atoms with van der Waals surface area (Å²) in [6.07, 6.45) is 2.44. The summed E-state index contributed by atoms with van der Waals surface area (Å²) < 4.78 is 12.8. The minimum atomic E-state index is -0.688. The molecule has 2 rings (SSSR count). The number of carbonyl (C=O) groups is 2. The number of aromatic nitrogens is 1. The molecule has 0 saturated carbocycles. The van der Waals surface area contributed by atoms with Gasteiger partial charge in [-0.1, -0.05) is 0 Å². The minimum Gasteiger partial charge on any atom is -0.352 e. The van der Waals surface area contributed by atoms with Crippen molar-refractivity contribution in [3.8, 4) is 0 Å². The summed E-state index contributed by atoms with van der Waals surface area (Å²) >= 11 is 0. The smallest absolute Gasteiger partial charge is 0.251 e. The van der Waals surface area contributed by atoms with Gasteiger partial charge in [-0.15, -0.1) is 0 Å². The van der Waals surface area contributed by atoms with Gasteiger partial charge in [0.05, 0.1) is 0 Å². The van der Waals surface area contributed by atoms with Crippen LogP contribution in [0, 0.1) is 5.95 Å². The number of hydrogen-bond acceptors (Lipinski definition) is 3. The first-order chi connectivity index (χ1) is 8.15. The lowest BCUT2D eigenvalue weighted by Gasteiger charge is -2.11. The van der Waals surface area contributed by atoms with Crippen LogP contribution in [0.3, 0.4) is 0 Å². The van der Waals surface area contributed by atoms with Crippen LogP contribution in [0.5, 0.6) is 0 Å². The van der Waals surface area contributed by atoms with Crippen molar-refractivity contribution in [1.29, 1.82) is 0 Å². The Hall–Kier alpha value is -1.98. The summed E-state index contributed by atoms with van der Waals surface area (Å²) in [4.78, 5) is 25.9. The number of nitrogens with one attached hydrogen (secondary N) is 2. The van der Waals surface area contributed by atoms with Gasteiger partial charge in [0.25, 0.3) is 5.91 Å². The van der Waals surface area contributed by atoms with Crippen molar-refractivity contribution >= 4 is 11.8 Å². The van der Waals surface area contributed by atoms with E-state index < -0.39 is 5.95 Å². The average Bonchev–Trinajstić information content (AvgIpc) is 2.72. The second-order valence-electron chi connectivity index (χ2n) is 3.88. The van der Waals surface area contributed by atoms with Crippen LogP contribution in [0.2, 0.25) is 0 Å². The molecule has 0 aliphatic carbocycles. The summed E-state index contributed by atoms with van der Waals surface area (Å²) in [6, 6.07) is 2.48. The second kappa shape index (κ2) is 4.90. The highest BCUT2D eigenvalue weighted by molar-refractivity contribution is 5.94. The molecule has 1 fully saturated rings. The highest BCUT2D eigenvalue weighted by Gasteiger charge is 2.21. The van der Waals surface area contributed by atoms with E-state index in [9.17, 15) is 14.0 Å². The summed E-state index contributed by atoms with van der Waals surface area (Å²) in [5, 5.41) is 5.37. The van der Waals surface area contributed by atoms with Crippen molar-refractivity contribution in [1.82, 2.24) is 15.6 Å². The third-order valence-electron chi connectivity index (χ3n) is 2.58. The zero-order valence-electron chi connectivity index (χ0n) is 9.07. The van der Waals surface area contributed by atoms with E-state index in [0.29, 0.717) is 19.4 Å². The minimum absolute atomic E-state index is 0.000737. The van der Waals surface area contributed by atoms with Crippen molar-refractivity contribution in [3.63, 3.8) is 0 Å². The molecule has 17 heavy (non-hydrogen) atoms. The van der Waals surface area contributed by atoms with Gasteiger partial charge in [-0.2, -0.15) is 4.39 Å². The fourth-order valence-electron chi connectivity index (χ4n) is 1.69. The molecule has 1 aliphatic rings. The number of hydrogen-bond donors (Lipinski definition) is 2. The van der Waals surface area contributed by atoms with E-state index in [2.05, 4.69) is 15.6 Å². The normalized spacial score (nSPS) is 18.9. The van der Waals surface area contributed by atoms with Gasteiger partial charge < -0.3 is 10.6 Å². The van der Waals surface area contributed by atoms with Crippen LogP contribution < -0.4 is 10.6 Å². The molecule has 5 nitrogen and oxygen atoms in total. The van der Waals surface area contributed by atoms with Gasteiger partial charge in [-0.3, -0.25) is 9.59 Å². The Morgan fingerprint density at radius 2 is 2.47 bits per heavy atom. The quantitative estimate of drug-likeness (QED) is 0.739. The summed E-state index contributed by atoms with van der Waals surface area (Å²) in [5.41, 5.74) is 0.224. The lowest BCUT2D eigenvalue weighted by molar-refractivity contribution is -0.119. The van der Waals surface area contributed by atoms with Crippen LogP contribution in [-0.2, 0) is 4.79 Å². The fourth-order valence-corrected chi connectivity index (χ4v) is 1.69. The van der Waals surface area contributed by atoms with Crippen molar-refractivity contribution in [2.75, 3.05) is 6.54 Å². The van der Waals surface area contributed by atoms with E-state index in [4.69, 9.17) is 0 Å². The van der Waals surface area contributed by atoms with E-state index in [0.717, 1.165) is 6.07 Å². The van der Waals surface area contributed by atoms with Gasteiger partial charge in [0, 0.05) is 36.8 Å². The first-order valence-electron chi connectivity index (χ1n) is 5.34. The molecular weight excluding hydrogens is 225 g/mol. The van der Waals surface area contributed by atoms with Gasteiger partial charge >= 0.3 is 0 Å². The molecule has 1 aromatic heterocycles. The molecule has 90 valence electrons. The van der Waals surface area contributed by atoms with Crippen LogP contribution in [0.1, 0.15) is 23.2 Å². The standard InChI is InChI=1S/C11H12FN3O2/c12-9-5-7(3-4-13-9)11(17)14-6-8-1-2-10(16)15-8/h3-5,8H,1-2,6H2,(H,14,17)(H,15,16). The SMILES string of the molecule is O=C1CCC(CNC(=O)c2ccnc(F)c2)N1. The predicted molar refractivity (Wildman–Crippen MR) is 57.7 cm³/mol. The summed E-state index contributed by atoms with van der Waals surface area (Å²) in [5.74, 6) is -1.06. The third kappa shape index (κ3) is 2.99. The molecule has 2 amide bonds. The van der Waals surface area contributed by atoms with Gasteiger partial charge in [0.1, 0.15) is 0 Å². The van der Waals surface area contributed by atoms with Gasteiger partial charge in [0.15, 0.2) is 0 Å². The zero-order chi connectivity index (χ0) is 12.3. The van der Waals surface area contributed by atoms with Gasteiger partial charge in [-0.25, -0.2) is 4.98 Å². The maximum absolute atomic E-state index is 12.8. The molecule has 0 bridgehead atoms. The van der Waals surface area contributed by atoms with Gasteiger partial charge in [0.2, 0.25) is 11.9 Å². The van der Waals surface area contributed by atoms with Crippen molar-refractivity contribution in [2.45, 2.75) is 18.9 Å². The molecular formula is C11H12FN3O2. The molecule has 1 atom stereocenters. The van der Waals surface area contributed by atoms with Crippen LogP contribution in [0.25, 0.3) is 0 Å². The van der Waals surface area contributed by atoms with Crippen molar-refractivity contribution in [3.05, 3.63) is 29.8 Å². The summed E-state index contributed by atoms with van der Waals surface area (Å²) in [7, 11) is 0. The van der Waals surface area contributed by atoms with Gasteiger partial charge in [-0.05, 0) is 12.5 Å². The number of amides is 2. The van der Waals surface area contributed by atoms with E-state index in [1.165, 1.54) is 12.3 Å². The molecule has 0 aromatic carbocycles. The second-order valence-corrected chi connectivity index (χ2v) is 3.88. The van der Waals surface area contributed by atoms with Crippen molar-refractivity contribution in [2.24, 2.45) is 0 Å². The molecule has 1 aliphatic heterocycles. The highest BCUT2D eigenvalue weighted by Crippen LogP contribution is 2.06. The Labute approximate surface area is 97.4 Å². The summed E-state index contributed by atoms with van der Waals surface area (Å²) in [6.45, 7) is 0.356. The monoisotopic (exact) mass is 237 g/mol. The third-order valence-corrected chi connectivity index (χ3v) is 2.58. The number of carbonyl (C=O) groups excluding carboxylic acids is 2. The van der Waals surface area contributed by atoms with Crippen LogP contribution in [-0.4, -0.2) is 29.4 Å². The highest BCUT2D eigenvalue weighted by atomic mass is 19.1. The van der Waals surface area contributed by atoms with Crippen LogP contribution in [0.15, 0.2) is 18.3 Å². The Balaban J connectivity index is 1.87. The van der Waals surface area contributed by atoms with E-state index >= 15 is 0 Å². The number of nitrogens with zero attached hydrogens (tertiary/aromatic N) is 1. The van der Waals surface area contributed by atoms with Crippen LogP contribution >= 0.6 is 0 Å². The molecule has 1 aromatic rings. The first-order valence-corrected chi connectivity index (χ1v) is 5.34. The number of halogens is 1. The van der Waals surface area contributed by atoms with Crippen molar-refractivity contribution < 1.29 is 14.0 Å². The maximum Gasteiger partial charge on any atom is 0.251 e. The average molecular weight is 237 g/mol.